The van der Waals surface area contributed by atoms with Crippen molar-refractivity contribution in [2.24, 2.45) is 0 Å². The van der Waals surface area contributed by atoms with Crippen LogP contribution in [0.15, 0.2) is 53.7 Å². The van der Waals surface area contributed by atoms with Gasteiger partial charge in [0, 0.05) is 25.5 Å². The van der Waals surface area contributed by atoms with Crippen LogP contribution in [0.2, 0.25) is 0 Å². The normalized spacial score (nSPS) is 18.6. The summed E-state index contributed by atoms with van der Waals surface area (Å²) in [5, 5.41) is 6.87. The van der Waals surface area contributed by atoms with Crippen molar-refractivity contribution in [3.05, 3.63) is 48.8 Å². The number of carbonyl (C=O) groups is 1. The van der Waals surface area contributed by atoms with Crippen LogP contribution in [0.3, 0.4) is 0 Å². The molecule has 24 heavy (non-hydrogen) atoms. The monoisotopic (exact) mass is 348 g/mol. The van der Waals surface area contributed by atoms with E-state index in [2.05, 4.69) is 10.4 Å². The molecule has 1 fully saturated rings. The Kier molecular flexibility index (Phi) is 4.96. The summed E-state index contributed by atoms with van der Waals surface area (Å²) >= 11 is 0. The van der Waals surface area contributed by atoms with Gasteiger partial charge in [-0.2, -0.15) is 9.40 Å². The molecule has 0 saturated carbocycles. The Balaban J connectivity index is 1.65. The first-order chi connectivity index (χ1) is 11.6. The van der Waals surface area contributed by atoms with Gasteiger partial charge in [-0.25, -0.2) is 8.42 Å². The van der Waals surface area contributed by atoms with Gasteiger partial charge in [-0.15, -0.1) is 0 Å². The lowest BCUT2D eigenvalue weighted by molar-refractivity contribution is -0.124. The highest BCUT2D eigenvalue weighted by atomic mass is 32.2. The van der Waals surface area contributed by atoms with Gasteiger partial charge >= 0.3 is 0 Å². The minimum absolute atomic E-state index is 0.223. The van der Waals surface area contributed by atoms with Crippen molar-refractivity contribution in [1.82, 2.24) is 19.4 Å². The summed E-state index contributed by atoms with van der Waals surface area (Å²) < 4.78 is 28.5. The highest BCUT2D eigenvalue weighted by Gasteiger charge is 2.39. The predicted molar refractivity (Wildman–Crippen MR) is 88.6 cm³/mol. The maximum atomic E-state index is 12.7. The van der Waals surface area contributed by atoms with Crippen LogP contribution in [0.1, 0.15) is 12.8 Å². The summed E-state index contributed by atoms with van der Waals surface area (Å²) in [6.45, 7) is 1.33. The van der Waals surface area contributed by atoms with E-state index in [0.29, 0.717) is 32.5 Å². The molecule has 1 saturated heterocycles. The molecule has 3 rings (SSSR count). The Labute approximate surface area is 141 Å². The van der Waals surface area contributed by atoms with Crippen molar-refractivity contribution in [2.45, 2.75) is 30.3 Å². The van der Waals surface area contributed by atoms with Gasteiger partial charge in [0.1, 0.15) is 6.04 Å². The Bertz CT molecular complexity index is 775. The van der Waals surface area contributed by atoms with Gasteiger partial charge in [0.2, 0.25) is 15.9 Å². The van der Waals surface area contributed by atoms with E-state index in [1.165, 1.54) is 4.31 Å². The fraction of sp³-hybridized carbons (Fsp3) is 0.375. The minimum atomic E-state index is -3.65. The second kappa shape index (κ2) is 7.14. The second-order valence-corrected chi connectivity index (χ2v) is 7.54. The van der Waals surface area contributed by atoms with Crippen LogP contribution in [-0.4, -0.2) is 47.5 Å². The number of aromatic nitrogens is 2. The molecule has 0 radical (unpaired) electrons. The van der Waals surface area contributed by atoms with Crippen molar-refractivity contribution in [3.63, 3.8) is 0 Å². The van der Waals surface area contributed by atoms with E-state index in [0.717, 1.165) is 0 Å². The summed E-state index contributed by atoms with van der Waals surface area (Å²) in [5.74, 6) is -0.251. The van der Waals surface area contributed by atoms with Gasteiger partial charge in [0.15, 0.2) is 0 Å². The van der Waals surface area contributed by atoms with Crippen LogP contribution in [0.4, 0.5) is 0 Å². The van der Waals surface area contributed by atoms with Gasteiger partial charge in [-0.05, 0) is 31.0 Å². The molecule has 1 aromatic heterocycles. The molecule has 1 N–H and O–H groups in total. The van der Waals surface area contributed by atoms with Gasteiger partial charge in [0.05, 0.1) is 11.4 Å². The van der Waals surface area contributed by atoms with E-state index >= 15 is 0 Å². The quantitative estimate of drug-likeness (QED) is 0.839. The smallest absolute Gasteiger partial charge is 0.243 e. The van der Waals surface area contributed by atoms with Crippen molar-refractivity contribution in [3.8, 4) is 0 Å². The Morgan fingerprint density at radius 2 is 2.04 bits per heavy atom. The third kappa shape index (κ3) is 3.49. The van der Waals surface area contributed by atoms with E-state index in [-0.39, 0.29) is 10.8 Å². The zero-order chi connectivity index (χ0) is 17.0. The van der Waals surface area contributed by atoms with E-state index in [9.17, 15) is 13.2 Å². The number of rotatable bonds is 6. The van der Waals surface area contributed by atoms with Crippen molar-refractivity contribution >= 4 is 15.9 Å². The molecule has 1 amide bonds. The molecular weight excluding hydrogens is 328 g/mol. The number of nitrogens with zero attached hydrogens (tertiary/aromatic N) is 3. The number of benzene rings is 1. The molecule has 1 aliphatic heterocycles. The lowest BCUT2D eigenvalue weighted by Gasteiger charge is -2.23. The number of amides is 1. The fourth-order valence-corrected chi connectivity index (χ4v) is 4.54. The largest absolute Gasteiger partial charge is 0.353 e. The third-order valence-electron chi connectivity index (χ3n) is 4.06. The number of nitrogens with one attached hydrogen (secondary N) is 1. The Morgan fingerprint density at radius 1 is 1.25 bits per heavy atom. The topological polar surface area (TPSA) is 84.3 Å². The number of hydrogen-bond donors (Lipinski definition) is 1. The molecular formula is C16H20N4O3S. The van der Waals surface area contributed by atoms with Crippen LogP contribution < -0.4 is 5.32 Å². The first-order valence-corrected chi connectivity index (χ1v) is 9.35. The maximum absolute atomic E-state index is 12.7. The van der Waals surface area contributed by atoms with Crippen molar-refractivity contribution < 1.29 is 13.2 Å². The van der Waals surface area contributed by atoms with Gasteiger partial charge in [-0.1, -0.05) is 18.2 Å². The molecule has 0 spiro atoms. The van der Waals surface area contributed by atoms with E-state index in [1.807, 2.05) is 12.3 Å². The summed E-state index contributed by atoms with van der Waals surface area (Å²) in [5.41, 5.74) is 0. The second-order valence-electron chi connectivity index (χ2n) is 5.65. The molecule has 2 aromatic rings. The summed E-state index contributed by atoms with van der Waals surface area (Å²) in [7, 11) is -3.65. The molecule has 1 atom stereocenters. The van der Waals surface area contributed by atoms with E-state index < -0.39 is 16.1 Å². The molecule has 7 nitrogen and oxygen atoms in total. The van der Waals surface area contributed by atoms with Crippen LogP contribution in [0.25, 0.3) is 0 Å². The lowest BCUT2D eigenvalue weighted by atomic mass is 10.2. The zero-order valence-corrected chi connectivity index (χ0v) is 14.0. The number of carbonyl (C=O) groups excluding carboxylic acids is 1. The third-order valence-corrected chi connectivity index (χ3v) is 5.98. The van der Waals surface area contributed by atoms with Crippen LogP contribution in [0.5, 0.6) is 0 Å². The van der Waals surface area contributed by atoms with Crippen molar-refractivity contribution in [1.29, 1.82) is 0 Å². The molecule has 128 valence electrons. The molecule has 0 bridgehead atoms. The standard InChI is InChI=1S/C16H20N4O3S/c21-16(17-10-13-19-11-5-9-18-19)15-8-4-12-20(15)24(22,23)14-6-2-1-3-7-14/h1-3,5-7,9,11,15H,4,8,10,12-13H2,(H,17,21)/t15-/m1/s1. The van der Waals surface area contributed by atoms with Gasteiger partial charge < -0.3 is 5.32 Å². The Morgan fingerprint density at radius 3 is 2.75 bits per heavy atom. The number of hydrogen-bond acceptors (Lipinski definition) is 4. The zero-order valence-electron chi connectivity index (χ0n) is 13.2. The van der Waals surface area contributed by atoms with Gasteiger partial charge in [0.25, 0.3) is 0 Å². The van der Waals surface area contributed by atoms with Crippen LogP contribution in [-0.2, 0) is 21.4 Å². The average molecular weight is 348 g/mol. The molecule has 8 heteroatoms. The van der Waals surface area contributed by atoms with E-state index in [1.54, 1.807) is 41.2 Å². The molecule has 2 heterocycles. The minimum Gasteiger partial charge on any atom is -0.353 e. The lowest BCUT2D eigenvalue weighted by Crippen LogP contribution is -2.46. The molecule has 0 aliphatic carbocycles. The maximum Gasteiger partial charge on any atom is 0.243 e. The summed E-state index contributed by atoms with van der Waals surface area (Å²) in [6, 6.07) is 9.41. The SMILES string of the molecule is O=C(NCCn1cccn1)[C@H]1CCCN1S(=O)(=O)c1ccccc1. The van der Waals surface area contributed by atoms with E-state index in [4.69, 9.17) is 0 Å². The molecule has 1 aromatic carbocycles. The summed E-state index contributed by atoms with van der Waals surface area (Å²) in [6.07, 6.45) is 4.71. The summed E-state index contributed by atoms with van der Waals surface area (Å²) in [4.78, 5) is 12.6. The fourth-order valence-electron chi connectivity index (χ4n) is 2.86. The molecule has 1 aliphatic rings. The van der Waals surface area contributed by atoms with Crippen LogP contribution in [0, 0.1) is 0 Å². The average Bonchev–Trinajstić information content (AvgIpc) is 3.27. The Hall–Kier alpha value is -2.19. The highest BCUT2D eigenvalue weighted by Crippen LogP contribution is 2.26. The molecule has 0 unspecified atom stereocenters. The van der Waals surface area contributed by atoms with Crippen LogP contribution >= 0.6 is 0 Å². The first kappa shape index (κ1) is 16.7. The predicted octanol–water partition coefficient (Wildman–Crippen LogP) is 0.853. The van der Waals surface area contributed by atoms with Crippen molar-refractivity contribution in [2.75, 3.05) is 13.1 Å². The van der Waals surface area contributed by atoms with Gasteiger partial charge in [-0.3, -0.25) is 9.48 Å². The highest BCUT2D eigenvalue weighted by molar-refractivity contribution is 7.89. The first-order valence-electron chi connectivity index (χ1n) is 7.91. The number of sulfonamides is 1.